The molecule has 2 aromatic carbocycles. The van der Waals surface area contributed by atoms with Crippen molar-refractivity contribution in [2.24, 2.45) is 0 Å². The van der Waals surface area contributed by atoms with Gasteiger partial charge >= 0.3 is 0 Å². The average Bonchev–Trinajstić information content (AvgIpc) is 2.65. The van der Waals surface area contributed by atoms with E-state index < -0.39 is 0 Å². The predicted molar refractivity (Wildman–Crippen MR) is 105 cm³/mol. The van der Waals surface area contributed by atoms with E-state index in [4.69, 9.17) is 23.2 Å². The van der Waals surface area contributed by atoms with Gasteiger partial charge < -0.3 is 15.1 Å². The van der Waals surface area contributed by atoms with Crippen LogP contribution in [0.5, 0.6) is 0 Å². The Morgan fingerprint density at radius 3 is 2.36 bits per heavy atom. The second-order valence-corrected chi connectivity index (χ2v) is 6.82. The van der Waals surface area contributed by atoms with Crippen LogP contribution in [0.3, 0.4) is 0 Å². The van der Waals surface area contributed by atoms with E-state index in [1.807, 2.05) is 29.2 Å². The lowest BCUT2D eigenvalue weighted by molar-refractivity contribution is -0.131. The van der Waals surface area contributed by atoms with Crippen LogP contribution in [-0.4, -0.2) is 43.5 Å². The number of anilines is 2. The van der Waals surface area contributed by atoms with Crippen LogP contribution in [0.1, 0.15) is 6.42 Å². The molecule has 0 aromatic heterocycles. The highest BCUT2D eigenvalue weighted by Gasteiger charge is 2.20. The molecule has 1 amide bonds. The van der Waals surface area contributed by atoms with Gasteiger partial charge in [0.1, 0.15) is 0 Å². The first-order valence-corrected chi connectivity index (χ1v) is 9.16. The predicted octanol–water partition coefficient (Wildman–Crippen LogP) is 4.14. The minimum atomic E-state index is 0.181. The van der Waals surface area contributed by atoms with Crippen LogP contribution >= 0.6 is 23.2 Å². The van der Waals surface area contributed by atoms with Crippen LogP contribution < -0.4 is 10.2 Å². The number of carbonyl (C=O) groups is 1. The Morgan fingerprint density at radius 2 is 1.68 bits per heavy atom. The molecule has 0 atom stereocenters. The highest BCUT2D eigenvalue weighted by molar-refractivity contribution is 6.42. The van der Waals surface area contributed by atoms with Crippen molar-refractivity contribution in [2.45, 2.75) is 6.42 Å². The Balaban J connectivity index is 1.43. The van der Waals surface area contributed by atoms with Crippen molar-refractivity contribution in [1.82, 2.24) is 4.90 Å². The van der Waals surface area contributed by atoms with Gasteiger partial charge in [-0.15, -0.1) is 0 Å². The fraction of sp³-hybridized carbons (Fsp3) is 0.316. The molecule has 0 unspecified atom stereocenters. The molecule has 0 saturated carbocycles. The number of amides is 1. The smallest absolute Gasteiger partial charge is 0.224 e. The summed E-state index contributed by atoms with van der Waals surface area (Å²) < 4.78 is 0. The fourth-order valence-corrected chi connectivity index (χ4v) is 3.23. The molecule has 1 N–H and O–H groups in total. The molecular formula is C19H21Cl2N3O. The molecular weight excluding hydrogens is 357 g/mol. The van der Waals surface area contributed by atoms with Gasteiger partial charge in [0.25, 0.3) is 0 Å². The topological polar surface area (TPSA) is 35.6 Å². The van der Waals surface area contributed by atoms with E-state index in [0.29, 0.717) is 23.0 Å². The third-order valence-electron chi connectivity index (χ3n) is 4.34. The van der Waals surface area contributed by atoms with E-state index in [9.17, 15) is 4.79 Å². The lowest BCUT2D eigenvalue weighted by atomic mass is 10.2. The number of benzene rings is 2. The first kappa shape index (κ1) is 17.9. The standard InChI is InChI=1S/C19H21Cl2N3O/c20-17-7-6-15(14-18(17)21)22-9-8-19(25)24-12-10-23(11-13-24)16-4-2-1-3-5-16/h1-7,14,22H,8-13H2. The van der Waals surface area contributed by atoms with Gasteiger partial charge in [0.05, 0.1) is 10.0 Å². The molecule has 6 heteroatoms. The molecule has 0 spiro atoms. The molecule has 0 aliphatic carbocycles. The van der Waals surface area contributed by atoms with Crippen LogP contribution in [0.15, 0.2) is 48.5 Å². The molecule has 1 heterocycles. The van der Waals surface area contributed by atoms with Crippen molar-refractivity contribution >= 4 is 40.5 Å². The number of nitrogens with one attached hydrogen (secondary N) is 1. The van der Waals surface area contributed by atoms with Crippen LogP contribution in [0, 0.1) is 0 Å². The zero-order valence-electron chi connectivity index (χ0n) is 13.9. The molecule has 2 aromatic rings. The zero-order chi connectivity index (χ0) is 17.6. The molecule has 1 aliphatic heterocycles. The Labute approximate surface area is 158 Å². The van der Waals surface area contributed by atoms with Crippen LogP contribution in [0.4, 0.5) is 11.4 Å². The Kier molecular flexibility index (Phi) is 6.05. The van der Waals surface area contributed by atoms with Gasteiger partial charge in [0, 0.05) is 50.5 Å². The first-order valence-electron chi connectivity index (χ1n) is 8.40. The van der Waals surface area contributed by atoms with Crippen molar-refractivity contribution in [2.75, 3.05) is 42.9 Å². The largest absolute Gasteiger partial charge is 0.384 e. The molecule has 1 aliphatic rings. The van der Waals surface area contributed by atoms with Gasteiger partial charge in [0.15, 0.2) is 0 Å². The first-order chi connectivity index (χ1) is 12.1. The highest BCUT2D eigenvalue weighted by atomic mass is 35.5. The van der Waals surface area contributed by atoms with Crippen molar-refractivity contribution in [3.8, 4) is 0 Å². The van der Waals surface area contributed by atoms with Gasteiger partial charge in [-0.2, -0.15) is 0 Å². The van der Waals surface area contributed by atoms with Crippen molar-refractivity contribution in [3.63, 3.8) is 0 Å². The molecule has 25 heavy (non-hydrogen) atoms. The summed E-state index contributed by atoms with van der Waals surface area (Å²) in [6.45, 7) is 3.85. The number of carbonyl (C=O) groups excluding carboxylic acids is 1. The molecule has 0 bridgehead atoms. The number of hydrogen-bond acceptors (Lipinski definition) is 3. The Morgan fingerprint density at radius 1 is 0.960 bits per heavy atom. The van der Waals surface area contributed by atoms with Gasteiger partial charge in [-0.3, -0.25) is 4.79 Å². The maximum atomic E-state index is 12.4. The summed E-state index contributed by atoms with van der Waals surface area (Å²) in [7, 11) is 0. The van der Waals surface area contributed by atoms with Crippen LogP contribution in [0.25, 0.3) is 0 Å². The van der Waals surface area contributed by atoms with E-state index in [1.54, 1.807) is 12.1 Å². The minimum Gasteiger partial charge on any atom is -0.384 e. The van der Waals surface area contributed by atoms with E-state index in [1.165, 1.54) is 5.69 Å². The third-order valence-corrected chi connectivity index (χ3v) is 5.08. The number of para-hydroxylation sites is 1. The van der Waals surface area contributed by atoms with Crippen molar-refractivity contribution in [1.29, 1.82) is 0 Å². The fourth-order valence-electron chi connectivity index (χ4n) is 2.93. The Bertz CT molecular complexity index is 716. The maximum absolute atomic E-state index is 12.4. The second kappa shape index (κ2) is 8.45. The highest BCUT2D eigenvalue weighted by Crippen LogP contribution is 2.25. The summed E-state index contributed by atoms with van der Waals surface area (Å²) in [4.78, 5) is 16.6. The van der Waals surface area contributed by atoms with Crippen LogP contribution in [0.2, 0.25) is 10.0 Å². The normalized spacial score (nSPS) is 14.5. The number of nitrogens with zero attached hydrogens (tertiary/aromatic N) is 2. The van der Waals surface area contributed by atoms with Gasteiger partial charge in [-0.05, 0) is 30.3 Å². The Hall–Kier alpha value is -1.91. The third kappa shape index (κ3) is 4.80. The summed E-state index contributed by atoms with van der Waals surface area (Å²) in [5, 5.41) is 4.25. The van der Waals surface area contributed by atoms with Gasteiger partial charge in [-0.25, -0.2) is 0 Å². The molecule has 132 valence electrons. The lowest BCUT2D eigenvalue weighted by Crippen LogP contribution is -2.49. The summed E-state index contributed by atoms with van der Waals surface area (Å²) in [5.41, 5.74) is 2.09. The minimum absolute atomic E-state index is 0.181. The van der Waals surface area contributed by atoms with Crippen molar-refractivity contribution < 1.29 is 4.79 Å². The number of halogens is 2. The van der Waals surface area contributed by atoms with Gasteiger partial charge in [-0.1, -0.05) is 41.4 Å². The monoisotopic (exact) mass is 377 g/mol. The summed E-state index contributed by atoms with van der Waals surface area (Å²) in [5.74, 6) is 0.181. The van der Waals surface area contributed by atoms with E-state index in [2.05, 4.69) is 22.3 Å². The molecule has 4 nitrogen and oxygen atoms in total. The molecule has 1 fully saturated rings. The summed E-state index contributed by atoms with van der Waals surface area (Å²) in [6, 6.07) is 15.7. The average molecular weight is 378 g/mol. The van der Waals surface area contributed by atoms with E-state index in [0.717, 1.165) is 31.9 Å². The van der Waals surface area contributed by atoms with E-state index >= 15 is 0 Å². The quantitative estimate of drug-likeness (QED) is 0.849. The number of piperazine rings is 1. The summed E-state index contributed by atoms with van der Waals surface area (Å²) >= 11 is 11.9. The molecule has 3 rings (SSSR count). The van der Waals surface area contributed by atoms with E-state index in [-0.39, 0.29) is 5.91 Å². The van der Waals surface area contributed by atoms with Crippen LogP contribution in [-0.2, 0) is 4.79 Å². The maximum Gasteiger partial charge on any atom is 0.224 e. The lowest BCUT2D eigenvalue weighted by Gasteiger charge is -2.36. The second-order valence-electron chi connectivity index (χ2n) is 6.01. The van der Waals surface area contributed by atoms with Gasteiger partial charge in [0.2, 0.25) is 5.91 Å². The number of hydrogen-bond donors (Lipinski definition) is 1. The van der Waals surface area contributed by atoms with Crippen molar-refractivity contribution in [3.05, 3.63) is 58.6 Å². The zero-order valence-corrected chi connectivity index (χ0v) is 15.4. The molecule has 1 saturated heterocycles. The SMILES string of the molecule is O=C(CCNc1ccc(Cl)c(Cl)c1)N1CCN(c2ccccc2)CC1. The summed E-state index contributed by atoms with van der Waals surface area (Å²) in [6.07, 6.45) is 0.464. The number of rotatable bonds is 5. The molecule has 0 radical (unpaired) electrons.